The van der Waals surface area contributed by atoms with E-state index in [-0.39, 0.29) is 5.56 Å². The van der Waals surface area contributed by atoms with Crippen LogP contribution in [-0.4, -0.2) is 9.97 Å². The van der Waals surface area contributed by atoms with Crippen LogP contribution in [0, 0.1) is 17.4 Å². The number of aryl methyl sites for hydroxylation is 2. The molecule has 0 amide bonds. The van der Waals surface area contributed by atoms with Gasteiger partial charge in [-0.05, 0) is 48.1 Å². The molecule has 0 unspecified atom stereocenters. The van der Waals surface area contributed by atoms with E-state index in [0.29, 0.717) is 20.8 Å². The summed E-state index contributed by atoms with van der Waals surface area (Å²) in [4.78, 5) is 18.5. The molecular formula is C10H9IN2O2. The first-order valence-corrected chi connectivity index (χ1v) is 5.48. The molecule has 15 heavy (non-hydrogen) atoms. The van der Waals surface area contributed by atoms with E-state index in [0.717, 1.165) is 5.56 Å². The van der Waals surface area contributed by atoms with Crippen molar-refractivity contribution in [3.05, 3.63) is 37.5 Å². The molecule has 1 N–H and O–H groups in total. The first-order valence-electron chi connectivity index (χ1n) is 4.40. The van der Waals surface area contributed by atoms with Gasteiger partial charge in [0, 0.05) is 0 Å². The number of halogens is 1. The molecular weight excluding hydrogens is 307 g/mol. The molecule has 2 rings (SSSR count). The van der Waals surface area contributed by atoms with Gasteiger partial charge in [0.1, 0.15) is 0 Å². The average Bonchev–Trinajstić information content (AvgIpc) is 2.60. The highest BCUT2D eigenvalue weighted by molar-refractivity contribution is 14.1. The van der Waals surface area contributed by atoms with Crippen LogP contribution in [0.3, 0.4) is 0 Å². The monoisotopic (exact) mass is 316 g/mol. The summed E-state index contributed by atoms with van der Waals surface area (Å²) < 4.78 is 5.88. The number of aromatic nitrogens is 2. The summed E-state index contributed by atoms with van der Waals surface area (Å²) in [5.41, 5.74) is 1.54. The minimum Gasteiger partial charge on any atom is -0.461 e. The number of H-pyrrole nitrogens is 1. The van der Waals surface area contributed by atoms with Crippen LogP contribution in [0.5, 0.6) is 0 Å². The van der Waals surface area contributed by atoms with Crippen molar-refractivity contribution in [2.45, 2.75) is 13.8 Å². The molecule has 0 aromatic carbocycles. The Morgan fingerprint density at radius 2 is 2.20 bits per heavy atom. The van der Waals surface area contributed by atoms with Crippen molar-refractivity contribution in [3.8, 4) is 11.6 Å². The molecule has 4 nitrogen and oxygen atoms in total. The van der Waals surface area contributed by atoms with Crippen LogP contribution >= 0.6 is 22.6 Å². The zero-order valence-electron chi connectivity index (χ0n) is 8.30. The third kappa shape index (κ3) is 1.83. The molecule has 5 heteroatoms. The van der Waals surface area contributed by atoms with E-state index in [2.05, 4.69) is 9.97 Å². The molecule has 2 aromatic heterocycles. The number of nitrogens with zero attached hydrogens (tertiary/aromatic N) is 1. The molecule has 0 radical (unpaired) electrons. The van der Waals surface area contributed by atoms with Crippen LogP contribution in [0.2, 0.25) is 0 Å². The number of nitrogens with one attached hydrogen (secondary N) is 1. The van der Waals surface area contributed by atoms with E-state index < -0.39 is 0 Å². The summed E-state index contributed by atoms with van der Waals surface area (Å²) in [5, 5.41) is 0. The van der Waals surface area contributed by atoms with Crippen molar-refractivity contribution in [2.75, 3.05) is 0 Å². The Morgan fingerprint density at radius 3 is 2.73 bits per heavy atom. The molecule has 0 spiro atoms. The van der Waals surface area contributed by atoms with Crippen LogP contribution in [0.4, 0.5) is 0 Å². The third-order valence-electron chi connectivity index (χ3n) is 2.11. The van der Waals surface area contributed by atoms with Crippen LogP contribution in [0.15, 0.2) is 21.5 Å². The lowest BCUT2D eigenvalue weighted by Crippen LogP contribution is -2.14. The summed E-state index contributed by atoms with van der Waals surface area (Å²) in [6, 6.07) is 1.84. The maximum Gasteiger partial charge on any atom is 0.264 e. The molecule has 0 saturated heterocycles. The summed E-state index contributed by atoms with van der Waals surface area (Å²) in [7, 11) is 0. The van der Waals surface area contributed by atoms with Crippen LogP contribution in [0.25, 0.3) is 11.6 Å². The largest absolute Gasteiger partial charge is 0.461 e. The average molecular weight is 316 g/mol. The van der Waals surface area contributed by atoms with E-state index in [9.17, 15) is 4.79 Å². The quantitative estimate of drug-likeness (QED) is 0.821. The molecule has 0 fully saturated rings. The van der Waals surface area contributed by atoms with Gasteiger partial charge in [-0.25, -0.2) is 4.98 Å². The Labute approximate surface area is 99.9 Å². The first kappa shape index (κ1) is 10.4. The second-order valence-corrected chi connectivity index (χ2v) is 4.33. The van der Waals surface area contributed by atoms with Crippen molar-refractivity contribution in [1.82, 2.24) is 9.97 Å². The maximum atomic E-state index is 11.5. The van der Waals surface area contributed by atoms with Crippen LogP contribution in [0.1, 0.15) is 11.3 Å². The number of rotatable bonds is 1. The molecule has 0 aliphatic rings. The minimum atomic E-state index is -0.131. The van der Waals surface area contributed by atoms with E-state index in [4.69, 9.17) is 4.42 Å². The zero-order chi connectivity index (χ0) is 11.0. The molecule has 0 bridgehead atoms. The van der Waals surface area contributed by atoms with Gasteiger partial charge in [0.25, 0.3) is 5.56 Å². The Kier molecular flexibility index (Phi) is 2.64. The van der Waals surface area contributed by atoms with Gasteiger partial charge >= 0.3 is 0 Å². The summed E-state index contributed by atoms with van der Waals surface area (Å²) in [6.45, 7) is 3.71. The number of hydrogen-bond donors (Lipinski definition) is 1. The lowest BCUT2D eigenvalue weighted by Gasteiger charge is -2.01. The Bertz CT molecular complexity index is 557. The Balaban J connectivity index is 2.66. The van der Waals surface area contributed by atoms with Gasteiger partial charge in [0.15, 0.2) is 11.6 Å². The SMILES string of the molecule is Cc1ccoc1-c1nc(C)c(I)c(=O)[nH]1. The lowest BCUT2D eigenvalue weighted by molar-refractivity contribution is 0.575. The van der Waals surface area contributed by atoms with Crippen LogP contribution in [-0.2, 0) is 0 Å². The first-order chi connectivity index (χ1) is 7.09. The maximum absolute atomic E-state index is 11.5. The van der Waals surface area contributed by atoms with Crippen LogP contribution < -0.4 is 5.56 Å². The van der Waals surface area contributed by atoms with Gasteiger partial charge < -0.3 is 9.40 Å². The van der Waals surface area contributed by atoms with Crippen molar-refractivity contribution in [2.24, 2.45) is 0 Å². The fraction of sp³-hybridized carbons (Fsp3) is 0.200. The highest BCUT2D eigenvalue weighted by Gasteiger charge is 2.11. The predicted octanol–water partition coefficient (Wildman–Crippen LogP) is 2.25. The molecule has 0 aliphatic heterocycles. The summed E-state index contributed by atoms with van der Waals surface area (Å²) in [6.07, 6.45) is 1.58. The number of hydrogen-bond acceptors (Lipinski definition) is 3. The highest BCUT2D eigenvalue weighted by atomic mass is 127. The van der Waals surface area contributed by atoms with Crippen molar-refractivity contribution in [3.63, 3.8) is 0 Å². The molecule has 2 aromatic rings. The normalized spacial score (nSPS) is 10.6. The minimum absolute atomic E-state index is 0.131. The van der Waals surface area contributed by atoms with E-state index >= 15 is 0 Å². The molecule has 0 atom stereocenters. The van der Waals surface area contributed by atoms with Crippen molar-refractivity contribution in [1.29, 1.82) is 0 Å². The second-order valence-electron chi connectivity index (χ2n) is 3.25. The summed E-state index contributed by atoms with van der Waals surface area (Å²) >= 11 is 1.98. The molecule has 0 saturated carbocycles. The van der Waals surface area contributed by atoms with Crippen molar-refractivity contribution < 1.29 is 4.42 Å². The molecule has 2 heterocycles. The third-order valence-corrected chi connectivity index (χ3v) is 3.38. The second kappa shape index (κ2) is 3.80. The lowest BCUT2D eigenvalue weighted by atomic mass is 10.2. The number of furan rings is 1. The molecule has 0 aliphatic carbocycles. The van der Waals surface area contributed by atoms with Gasteiger partial charge in [0.05, 0.1) is 15.5 Å². The van der Waals surface area contributed by atoms with Gasteiger partial charge in [-0.15, -0.1) is 0 Å². The van der Waals surface area contributed by atoms with Gasteiger partial charge in [-0.3, -0.25) is 4.79 Å². The van der Waals surface area contributed by atoms with Gasteiger partial charge in [0.2, 0.25) is 0 Å². The Hall–Kier alpha value is -1.11. The van der Waals surface area contributed by atoms with Crippen molar-refractivity contribution >= 4 is 22.6 Å². The van der Waals surface area contributed by atoms with E-state index in [1.165, 1.54) is 0 Å². The highest BCUT2D eigenvalue weighted by Crippen LogP contribution is 2.20. The van der Waals surface area contributed by atoms with Gasteiger partial charge in [-0.1, -0.05) is 0 Å². The fourth-order valence-corrected chi connectivity index (χ4v) is 1.55. The number of aromatic amines is 1. The van der Waals surface area contributed by atoms with E-state index in [1.807, 2.05) is 35.6 Å². The molecule has 78 valence electrons. The van der Waals surface area contributed by atoms with Gasteiger partial charge in [-0.2, -0.15) is 0 Å². The topological polar surface area (TPSA) is 58.9 Å². The summed E-state index contributed by atoms with van der Waals surface area (Å²) in [5.74, 6) is 1.10. The Morgan fingerprint density at radius 1 is 1.47 bits per heavy atom. The predicted molar refractivity (Wildman–Crippen MR) is 64.8 cm³/mol. The standard InChI is InChI=1S/C10H9IN2O2/c1-5-3-4-15-8(5)9-12-6(2)7(11)10(14)13-9/h3-4H,1-2H3,(H,12,13,14). The smallest absolute Gasteiger partial charge is 0.264 e. The zero-order valence-corrected chi connectivity index (χ0v) is 10.5. The fourth-order valence-electron chi connectivity index (χ4n) is 1.29. The van der Waals surface area contributed by atoms with E-state index in [1.54, 1.807) is 13.2 Å².